The van der Waals surface area contributed by atoms with Crippen molar-refractivity contribution in [2.24, 2.45) is 0 Å². The summed E-state index contributed by atoms with van der Waals surface area (Å²) in [6.45, 7) is 7.94. The average Bonchev–Trinajstić information content (AvgIpc) is 3.19. The summed E-state index contributed by atoms with van der Waals surface area (Å²) in [7, 11) is 0. The molecule has 2 N–H and O–H groups in total. The van der Waals surface area contributed by atoms with Crippen molar-refractivity contribution in [2.75, 3.05) is 19.6 Å². The highest BCUT2D eigenvalue weighted by Crippen LogP contribution is 2.31. The first kappa shape index (κ1) is 22.6. The number of hydrogen-bond donors (Lipinski definition) is 2. The van der Waals surface area contributed by atoms with E-state index < -0.39 is 11.9 Å². The van der Waals surface area contributed by atoms with Crippen molar-refractivity contribution in [3.63, 3.8) is 0 Å². The predicted molar refractivity (Wildman–Crippen MR) is 109 cm³/mol. The summed E-state index contributed by atoms with van der Waals surface area (Å²) >= 11 is 1.87. The summed E-state index contributed by atoms with van der Waals surface area (Å²) in [5.41, 5.74) is 1.44. The van der Waals surface area contributed by atoms with Gasteiger partial charge in [-0.3, -0.25) is 0 Å². The topological polar surface area (TPSA) is 77.8 Å². The van der Waals surface area contributed by atoms with E-state index in [-0.39, 0.29) is 0 Å². The Hall–Kier alpha value is -2.44. The second-order valence-corrected chi connectivity index (χ2v) is 6.78. The number of carbonyl (C=O) groups is 2. The van der Waals surface area contributed by atoms with E-state index in [1.165, 1.54) is 23.4 Å². The van der Waals surface area contributed by atoms with Crippen LogP contribution in [-0.2, 0) is 9.59 Å². The average molecular weight is 390 g/mol. The van der Waals surface area contributed by atoms with Gasteiger partial charge in [-0.05, 0) is 43.1 Å². The zero-order valence-corrected chi connectivity index (χ0v) is 16.6. The highest BCUT2D eigenvalue weighted by Gasteiger charge is 2.15. The Morgan fingerprint density at radius 1 is 1.00 bits per heavy atom. The van der Waals surface area contributed by atoms with Crippen molar-refractivity contribution in [1.29, 1.82) is 0 Å². The minimum absolute atomic E-state index is 0.543. The second kappa shape index (κ2) is 12.8. The third-order valence-corrected chi connectivity index (χ3v) is 5.07. The lowest BCUT2D eigenvalue weighted by molar-refractivity contribution is -0.134. The fourth-order valence-electron chi connectivity index (χ4n) is 2.64. The summed E-state index contributed by atoms with van der Waals surface area (Å²) in [6, 6.07) is 15.3. The molecule has 0 radical (unpaired) electrons. The largest absolute Gasteiger partial charge is 0.478 e. The maximum absolute atomic E-state index is 9.55. The number of aliphatic carboxylic acids is 2. The molecule has 27 heavy (non-hydrogen) atoms. The lowest BCUT2D eigenvalue weighted by atomic mass is 9.94. The van der Waals surface area contributed by atoms with E-state index in [0.29, 0.717) is 18.1 Å². The fourth-order valence-corrected chi connectivity index (χ4v) is 3.53. The molecule has 1 aromatic heterocycles. The molecule has 5 nitrogen and oxygen atoms in total. The van der Waals surface area contributed by atoms with Crippen LogP contribution in [-0.4, -0.2) is 46.7 Å². The zero-order chi connectivity index (χ0) is 20.1. The van der Waals surface area contributed by atoms with Gasteiger partial charge in [0, 0.05) is 22.9 Å². The highest BCUT2D eigenvalue weighted by atomic mass is 32.1. The number of carboxylic acids is 2. The monoisotopic (exact) mass is 389 g/mol. The molecule has 1 atom stereocenters. The Labute approximate surface area is 164 Å². The molecule has 1 aromatic carbocycles. The summed E-state index contributed by atoms with van der Waals surface area (Å²) in [5, 5.41) is 17.8. The molecular formula is C21H27NO4S. The molecule has 0 saturated heterocycles. The lowest BCUT2D eigenvalue weighted by Crippen LogP contribution is -2.25. The lowest BCUT2D eigenvalue weighted by Gasteiger charge is -2.22. The van der Waals surface area contributed by atoms with Crippen LogP contribution < -0.4 is 0 Å². The number of thiophene rings is 1. The van der Waals surface area contributed by atoms with Gasteiger partial charge in [0.05, 0.1) is 0 Å². The molecule has 0 bridgehead atoms. The molecule has 0 fully saturated rings. The van der Waals surface area contributed by atoms with Crippen molar-refractivity contribution in [1.82, 2.24) is 4.90 Å². The molecule has 146 valence electrons. The minimum atomic E-state index is -1.26. The van der Waals surface area contributed by atoms with Crippen LogP contribution in [0.2, 0.25) is 0 Å². The fraction of sp³-hybridized carbons (Fsp3) is 0.333. The first-order chi connectivity index (χ1) is 13.0. The van der Waals surface area contributed by atoms with E-state index >= 15 is 0 Å². The van der Waals surface area contributed by atoms with Crippen LogP contribution in [0.25, 0.3) is 0 Å². The zero-order valence-electron chi connectivity index (χ0n) is 15.7. The third kappa shape index (κ3) is 9.17. The normalized spacial score (nSPS) is 11.8. The van der Waals surface area contributed by atoms with E-state index in [1.807, 2.05) is 11.3 Å². The van der Waals surface area contributed by atoms with E-state index in [4.69, 9.17) is 10.2 Å². The van der Waals surface area contributed by atoms with Crippen molar-refractivity contribution in [3.05, 3.63) is 70.4 Å². The Morgan fingerprint density at radius 2 is 1.59 bits per heavy atom. The van der Waals surface area contributed by atoms with Gasteiger partial charge in [0.25, 0.3) is 0 Å². The molecule has 0 aliphatic carbocycles. The Morgan fingerprint density at radius 3 is 2.04 bits per heavy atom. The maximum Gasteiger partial charge on any atom is 0.328 e. The summed E-state index contributed by atoms with van der Waals surface area (Å²) < 4.78 is 0. The number of hydrogen-bond acceptors (Lipinski definition) is 4. The summed E-state index contributed by atoms with van der Waals surface area (Å²) in [6.07, 6.45) is 2.32. The van der Waals surface area contributed by atoms with Gasteiger partial charge in [-0.2, -0.15) is 0 Å². The minimum Gasteiger partial charge on any atom is -0.478 e. The summed E-state index contributed by atoms with van der Waals surface area (Å²) in [4.78, 5) is 23.1. The van der Waals surface area contributed by atoms with E-state index in [1.54, 1.807) is 0 Å². The van der Waals surface area contributed by atoms with Crippen LogP contribution >= 0.6 is 11.3 Å². The van der Waals surface area contributed by atoms with Gasteiger partial charge < -0.3 is 15.1 Å². The molecule has 0 aliphatic rings. The van der Waals surface area contributed by atoms with E-state index in [2.05, 4.69) is 66.6 Å². The Kier molecular flexibility index (Phi) is 10.7. The van der Waals surface area contributed by atoms with Crippen LogP contribution in [0.1, 0.15) is 36.6 Å². The quantitative estimate of drug-likeness (QED) is 0.625. The predicted octanol–water partition coefficient (Wildman–Crippen LogP) is 4.32. The molecule has 2 aromatic rings. The van der Waals surface area contributed by atoms with Crippen molar-refractivity contribution in [3.8, 4) is 0 Å². The summed E-state index contributed by atoms with van der Waals surface area (Å²) in [5.74, 6) is -1.97. The van der Waals surface area contributed by atoms with Gasteiger partial charge in [-0.15, -0.1) is 11.3 Å². The van der Waals surface area contributed by atoms with Crippen LogP contribution in [0.15, 0.2) is 60.0 Å². The van der Waals surface area contributed by atoms with Crippen LogP contribution in [0.5, 0.6) is 0 Å². The van der Waals surface area contributed by atoms with Gasteiger partial charge in [0.15, 0.2) is 0 Å². The molecule has 1 unspecified atom stereocenters. The van der Waals surface area contributed by atoms with Gasteiger partial charge >= 0.3 is 11.9 Å². The molecular weight excluding hydrogens is 362 g/mol. The first-order valence-electron chi connectivity index (χ1n) is 8.92. The van der Waals surface area contributed by atoms with Crippen LogP contribution in [0, 0.1) is 0 Å². The molecule has 0 saturated carbocycles. The number of rotatable bonds is 9. The van der Waals surface area contributed by atoms with Gasteiger partial charge in [0.1, 0.15) is 0 Å². The van der Waals surface area contributed by atoms with Crippen molar-refractivity contribution >= 4 is 23.3 Å². The van der Waals surface area contributed by atoms with Crippen molar-refractivity contribution in [2.45, 2.75) is 26.2 Å². The highest BCUT2D eigenvalue weighted by molar-refractivity contribution is 7.10. The van der Waals surface area contributed by atoms with E-state index in [0.717, 1.165) is 13.1 Å². The Bertz CT molecular complexity index is 678. The van der Waals surface area contributed by atoms with Crippen LogP contribution in [0.3, 0.4) is 0 Å². The number of carboxylic acid groups (broad SMARTS) is 2. The van der Waals surface area contributed by atoms with Gasteiger partial charge in [0.2, 0.25) is 0 Å². The maximum atomic E-state index is 9.55. The molecule has 1 heterocycles. The molecule has 0 spiro atoms. The smallest absolute Gasteiger partial charge is 0.328 e. The van der Waals surface area contributed by atoms with Crippen LogP contribution in [0.4, 0.5) is 0 Å². The van der Waals surface area contributed by atoms with Gasteiger partial charge in [-0.1, -0.05) is 50.2 Å². The Balaban J connectivity index is 0.000000387. The number of nitrogens with zero attached hydrogens (tertiary/aromatic N) is 1. The second-order valence-electron chi connectivity index (χ2n) is 5.80. The van der Waals surface area contributed by atoms with E-state index in [9.17, 15) is 9.59 Å². The third-order valence-electron chi connectivity index (χ3n) is 4.09. The standard InChI is InChI=1S/C17H23NS.C4H4O4/c1-3-18(4-2)13-12-16(17-11-8-14-19-17)15-9-6-5-7-10-15;5-3(6)1-2-4(7)8/h5-11,14,16H,3-4,12-13H2,1-2H3;1-2H,(H,5,6)(H,7,8). The van der Waals surface area contributed by atoms with Gasteiger partial charge in [-0.25, -0.2) is 9.59 Å². The number of benzene rings is 1. The molecule has 6 heteroatoms. The first-order valence-corrected chi connectivity index (χ1v) is 9.80. The SMILES string of the molecule is CCN(CC)CCC(c1ccccc1)c1cccs1.O=C(O)C=CC(=O)O. The molecule has 0 amide bonds. The van der Waals surface area contributed by atoms with Crippen molar-refractivity contribution < 1.29 is 19.8 Å². The molecule has 2 rings (SSSR count). The molecule has 0 aliphatic heterocycles.